The molecule has 1 atom stereocenters. The van der Waals surface area contributed by atoms with Gasteiger partial charge in [0.05, 0.1) is 0 Å². The quantitative estimate of drug-likeness (QED) is 0.920. The standard InChI is InChI=1S/C18H18FNO3/c19-14-5-9-16(10-6-14)23-15-7-3-13(4-8-15)12-20-18(21)17-2-1-11-22-17/h3-10,17H,1-2,11-12H2,(H,20,21)/t17-/m1/s1. The van der Waals surface area contributed by atoms with Gasteiger partial charge in [0.15, 0.2) is 0 Å². The average molecular weight is 315 g/mol. The Morgan fingerprint density at radius 1 is 1.13 bits per heavy atom. The average Bonchev–Trinajstić information content (AvgIpc) is 3.11. The molecule has 1 aliphatic rings. The first-order valence-electron chi connectivity index (χ1n) is 7.62. The molecule has 23 heavy (non-hydrogen) atoms. The molecule has 1 fully saturated rings. The van der Waals surface area contributed by atoms with Crippen LogP contribution in [-0.2, 0) is 16.1 Å². The molecule has 1 amide bonds. The Morgan fingerprint density at radius 2 is 1.78 bits per heavy atom. The van der Waals surface area contributed by atoms with E-state index in [9.17, 15) is 9.18 Å². The first-order chi connectivity index (χ1) is 11.2. The molecule has 1 aliphatic heterocycles. The third-order valence-corrected chi connectivity index (χ3v) is 3.66. The summed E-state index contributed by atoms with van der Waals surface area (Å²) < 4.78 is 23.8. The molecule has 1 N–H and O–H groups in total. The number of halogens is 1. The normalized spacial score (nSPS) is 17.0. The zero-order chi connectivity index (χ0) is 16.1. The van der Waals surface area contributed by atoms with Crippen molar-refractivity contribution < 1.29 is 18.7 Å². The van der Waals surface area contributed by atoms with Crippen molar-refractivity contribution in [2.75, 3.05) is 6.61 Å². The van der Waals surface area contributed by atoms with E-state index < -0.39 is 0 Å². The van der Waals surface area contributed by atoms with Crippen molar-refractivity contribution in [1.82, 2.24) is 5.32 Å². The van der Waals surface area contributed by atoms with E-state index in [1.807, 2.05) is 24.3 Å². The van der Waals surface area contributed by atoms with Gasteiger partial charge in [0.25, 0.3) is 0 Å². The monoisotopic (exact) mass is 315 g/mol. The van der Waals surface area contributed by atoms with Crippen molar-refractivity contribution in [2.45, 2.75) is 25.5 Å². The summed E-state index contributed by atoms with van der Waals surface area (Å²) in [6, 6.07) is 13.3. The summed E-state index contributed by atoms with van der Waals surface area (Å²) >= 11 is 0. The molecule has 0 aliphatic carbocycles. The Labute approximate surface area is 134 Å². The highest BCUT2D eigenvalue weighted by atomic mass is 19.1. The molecule has 0 spiro atoms. The van der Waals surface area contributed by atoms with E-state index in [2.05, 4.69) is 5.32 Å². The smallest absolute Gasteiger partial charge is 0.249 e. The maximum Gasteiger partial charge on any atom is 0.249 e. The van der Waals surface area contributed by atoms with Crippen molar-refractivity contribution >= 4 is 5.91 Å². The molecule has 0 bridgehead atoms. The molecule has 2 aromatic carbocycles. The number of hydrogen-bond donors (Lipinski definition) is 1. The van der Waals surface area contributed by atoms with Crippen LogP contribution in [0.1, 0.15) is 18.4 Å². The Balaban J connectivity index is 1.52. The van der Waals surface area contributed by atoms with E-state index in [4.69, 9.17) is 9.47 Å². The van der Waals surface area contributed by atoms with E-state index >= 15 is 0 Å². The van der Waals surface area contributed by atoms with Gasteiger partial charge in [-0.05, 0) is 54.8 Å². The lowest BCUT2D eigenvalue weighted by Gasteiger charge is -2.11. The predicted octanol–water partition coefficient (Wildman–Crippen LogP) is 3.41. The van der Waals surface area contributed by atoms with Gasteiger partial charge >= 0.3 is 0 Å². The van der Waals surface area contributed by atoms with E-state index in [1.165, 1.54) is 12.1 Å². The van der Waals surface area contributed by atoms with Crippen LogP contribution in [0.4, 0.5) is 4.39 Å². The van der Waals surface area contributed by atoms with Crippen LogP contribution in [0.5, 0.6) is 11.5 Å². The van der Waals surface area contributed by atoms with Crippen LogP contribution in [0.2, 0.25) is 0 Å². The van der Waals surface area contributed by atoms with Gasteiger partial charge in [-0.15, -0.1) is 0 Å². The minimum absolute atomic E-state index is 0.0610. The molecule has 1 heterocycles. The van der Waals surface area contributed by atoms with Crippen LogP contribution in [0.25, 0.3) is 0 Å². The second-order valence-corrected chi connectivity index (χ2v) is 5.42. The molecule has 5 heteroatoms. The van der Waals surface area contributed by atoms with E-state index in [0.717, 1.165) is 18.4 Å². The lowest BCUT2D eigenvalue weighted by atomic mass is 10.2. The molecule has 120 valence electrons. The van der Waals surface area contributed by atoms with E-state index in [0.29, 0.717) is 24.7 Å². The maximum atomic E-state index is 12.8. The number of amides is 1. The van der Waals surface area contributed by atoms with Crippen molar-refractivity contribution in [3.8, 4) is 11.5 Å². The van der Waals surface area contributed by atoms with Gasteiger partial charge in [-0.3, -0.25) is 4.79 Å². The predicted molar refractivity (Wildman–Crippen MR) is 83.7 cm³/mol. The molecule has 2 aromatic rings. The minimum atomic E-state index is -0.309. The SMILES string of the molecule is O=C(NCc1ccc(Oc2ccc(F)cc2)cc1)[C@H]1CCCO1. The van der Waals surface area contributed by atoms with E-state index in [-0.39, 0.29) is 17.8 Å². The topological polar surface area (TPSA) is 47.6 Å². The Bertz CT molecular complexity index is 649. The molecule has 3 rings (SSSR count). The molecule has 0 unspecified atom stereocenters. The van der Waals surface area contributed by atoms with Gasteiger partial charge < -0.3 is 14.8 Å². The zero-order valence-corrected chi connectivity index (χ0v) is 12.6. The van der Waals surface area contributed by atoms with Gasteiger partial charge in [-0.2, -0.15) is 0 Å². The number of carbonyl (C=O) groups excluding carboxylic acids is 1. The lowest BCUT2D eigenvalue weighted by molar-refractivity contribution is -0.130. The van der Waals surface area contributed by atoms with Gasteiger partial charge in [0, 0.05) is 13.2 Å². The van der Waals surface area contributed by atoms with Crippen LogP contribution in [-0.4, -0.2) is 18.6 Å². The summed E-state index contributed by atoms with van der Waals surface area (Å²) in [5.41, 5.74) is 0.975. The highest BCUT2D eigenvalue weighted by molar-refractivity contribution is 5.80. The van der Waals surface area contributed by atoms with Crippen LogP contribution >= 0.6 is 0 Å². The zero-order valence-electron chi connectivity index (χ0n) is 12.6. The number of ether oxygens (including phenoxy) is 2. The lowest BCUT2D eigenvalue weighted by Crippen LogP contribution is -2.33. The van der Waals surface area contributed by atoms with Crippen molar-refractivity contribution in [1.29, 1.82) is 0 Å². The van der Waals surface area contributed by atoms with Crippen LogP contribution in [0, 0.1) is 5.82 Å². The molecule has 0 aromatic heterocycles. The molecule has 0 saturated carbocycles. The fourth-order valence-corrected chi connectivity index (χ4v) is 2.40. The summed E-state index contributed by atoms with van der Waals surface area (Å²) in [5.74, 6) is 0.875. The number of rotatable bonds is 5. The molecule has 0 radical (unpaired) electrons. The van der Waals surface area contributed by atoms with Crippen LogP contribution in [0.15, 0.2) is 48.5 Å². The third-order valence-electron chi connectivity index (χ3n) is 3.66. The van der Waals surface area contributed by atoms with Gasteiger partial charge in [0.1, 0.15) is 23.4 Å². The number of benzene rings is 2. The Kier molecular flexibility index (Phi) is 4.88. The number of carbonyl (C=O) groups is 1. The van der Waals surface area contributed by atoms with E-state index in [1.54, 1.807) is 12.1 Å². The number of hydrogen-bond acceptors (Lipinski definition) is 3. The summed E-state index contributed by atoms with van der Waals surface area (Å²) in [4.78, 5) is 11.9. The number of nitrogens with one attached hydrogen (secondary N) is 1. The molecule has 1 saturated heterocycles. The Morgan fingerprint density at radius 3 is 2.39 bits per heavy atom. The maximum absolute atomic E-state index is 12.8. The third kappa shape index (κ3) is 4.29. The van der Waals surface area contributed by atoms with Crippen LogP contribution < -0.4 is 10.1 Å². The summed E-state index contributed by atoms with van der Waals surface area (Å²) in [7, 11) is 0. The first-order valence-corrected chi connectivity index (χ1v) is 7.62. The first kappa shape index (κ1) is 15.5. The summed E-state index contributed by atoms with van der Waals surface area (Å²) in [6.45, 7) is 1.11. The summed E-state index contributed by atoms with van der Waals surface area (Å²) in [6.07, 6.45) is 1.42. The largest absolute Gasteiger partial charge is 0.457 e. The molecular formula is C18H18FNO3. The van der Waals surface area contributed by atoms with Crippen molar-refractivity contribution in [3.63, 3.8) is 0 Å². The van der Waals surface area contributed by atoms with Crippen LogP contribution in [0.3, 0.4) is 0 Å². The minimum Gasteiger partial charge on any atom is -0.457 e. The molecule has 4 nitrogen and oxygen atoms in total. The molecular weight excluding hydrogens is 297 g/mol. The fraction of sp³-hybridized carbons (Fsp3) is 0.278. The highest BCUT2D eigenvalue weighted by Gasteiger charge is 2.22. The van der Waals surface area contributed by atoms with Gasteiger partial charge in [-0.25, -0.2) is 4.39 Å². The summed E-state index contributed by atoms with van der Waals surface area (Å²) in [5, 5.41) is 2.87. The second kappa shape index (κ2) is 7.24. The second-order valence-electron chi connectivity index (χ2n) is 5.42. The fourth-order valence-electron chi connectivity index (χ4n) is 2.40. The van der Waals surface area contributed by atoms with Crippen molar-refractivity contribution in [2.24, 2.45) is 0 Å². The highest BCUT2D eigenvalue weighted by Crippen LogP contribution is 2.22. The Hall–Kier alpha value is -2.40. The van der Waals surface area contributed by atoms with Gasteiger partial charge in [0.2, 0.25) is 5.91 Å². The van der Waals surface area contributed by atoms with Crippen molar-refractivity contribution in [3.05, 3.63) is 59.9 Å². The van der Waals surface area contributed by atoms with Gasteiger partial charge in [-0.1, -0.05) is 12.1 Å².